The summed E-state index contributed by atoms with van der Waals surface area (Å²) in [6.07, 6.45) is -2.10. The quantitative estimate of drug-likeness (QED) is 0.465. The highest BCUT2D eigenvalue weighted by Crippen LogP contribution is 2.15. The lowest BCUT2D eigenvalue weighted by Crippen LogP contribution is -2.02. The molecule has 5 heteroatoms. The van der Waals surface area contributed by atoms with Crippen molar-refractivity contribution in [3.05, 3.63) is 11.8 Å². The molecule has 0 rings (SSSR count). The molecule has 0 aromatic rings. The maximum Gasteiger partial charge on any atom is 0.315 e. The molecule has 11 heavy (non-hydrogen) atoms. The second kappa shape index (κ2) is 4.00. The zero-order valence-corrected chi connectivity index (χ0v) is 6.03. The molecule has 0 aliphatic heterocycles. The molecule has 0 aliphatic carbocycles. The molecular weight excluding hydrogens is 161 g/mol. The molecule has 1 atom stereocenters. The van der Waals surface area contributed by atoms with Crippen molar-refractivity contribution in [2.45, 2.75) is 20.0 Å². The van der Waals surface area contributed by atoms with Crippen LogP contribution in [0.15, 0.2) is 11.8 Å². The normalized spacial score (nSPS) is 15.4. The number of hydrogen-bond acceptors (Lipinski definition) is 2. The van der Waals surface area contributed by atoms with Gasteiger partial charge in [0, 0.05) is 6.92 Å². The molecule has 0 spiro atoms. The van der Waals surface area contributed by atoms with E-state index in [1.165, 1.54) is 0 Å². The number of allylic oxidation sites excluding steroid dienone is 1. The summed E-state index contributed by atoms with van der Waals surface area (Å²) in [6, 6.07) is -1.81. The zero-order valence-electron chi connectivity index (χ0n) is 6.03. The fourth-order valence-electron chi connectivity index (χ4n) is 0.331. The van der Waals surface area contributed by atoms with E-state index in [9.17, 15) is 18.0 Å². The first kappa shape index (κ1) is 10.0. The molecule has 0 saturated heterocycles. The lowest BCUT2D eigenvalue weighted by molar-refractivity contribution is -0.139. The predicted octanol–water partition coefficient (Wildman–Crippen LogP) is 2.02. The number of esters is 1. The largest absolute Gasteiger partial charge is 0.397 e. The highest BCUT2D eigenvalue weighted by Gasteiger charge is 2.15. The van der Waals surface area contributed by atoms with E-state index in [0.29, 0.717) is 0 Å². The minimum absolute atomic E-state index is 0.790. The number of alkyl halides is 1. The Hall–Kier alpha value is -1.00. The summed E-state index contributed by atoms with van der Waals surface area (Å²) in [4.78, 5) is 10.00. The lowest BCUT2D eigenvalue weighted by atomic mass is 10.4. The van der Waals surface area contributed by atoms with Crippen molar-refractivity contribution in [3.8, 4) is 0 Å². The van der Waals surface area contributed by atoms with E-state index in [-0.39, 0.29) is 0 Å². The maximum atomic E-state index is 12.1. The first-order chi connectivity index (χ1) is 4.95. The molecule has 0 fully saturated rings. The first-order valence-electron chi connectivity index (χ1n) is 2.82. The smallest absolute Gasteiger partial charge is 0.315 e. The van der Waals surface area contributed by atoms with Gasteiger partial charge in [0.2, 0.25) is 5.83 Å². The summed E-state index contributed by atoms with van der Waals surface area (Å²) in [7, 11) is 0. The van der Waals surface area contributed by atoms with Crippen molar-refractivity contribution >= 4 is 5.97 Å². The highest BCUT2D eigenvalue weighted by atomic mass is 19.2. The van der Waals surface area contributed by atoms with Crippen LogP contribution in [0.3, 0.4) is 0 Å². The van der Waals surface area contributed by atoms with Gasteiger partial charge in [-0.05, 0) is 6.92 Å². The number of carbonyl (C=O) groups is 1. The topological polar surface area (TPSA) is 26.3 Å². The van der Waals surface area contributed by atoms with Gasteiger partial charge in [0.15, 0.2) is 6.17 Å². The average Bonchev–Trinajstić information content (AvgIpc) is 1.84. The summed E-state index contributed by atoms with van der Waals surface area (Å²) in [5.41, 5.74) is 0. The van der Waals surface area contributed by atoms with Gasteiger partial charge in [0.1, 0.15) is 0 Å². The van der Waals surface area contributed by atoms with Gasteiger partial charge in [-0.2, -0.15) is 4.39 Å². The number of ether oxygens (including phenoxy) is 1. The molecule has 0 heterocycles. The SMILES string of the molecule is CC(=O)O/C(F)=C(\F)C(C)F. The molecule has 0 radical (unpaired) electrons. The van der Waals surface area contributed by atoms with E-state index in [0.717, 1.165) is 13.8 Å². The monoisotopic (exact) mass is 168 g/mol. The molecule has 0 aromatic heterocycles. The van der Waals surface area contributed by atoms with Crippen molar-refractivity contribution < 1.29 is 22.7 Å². The average molecular weight is 168 g/mol. The molecule has 1 unspecified atom stereocenters. The summed E-state index contributed by atoms with van der Waals surface area (Å²) in [5, 5.41) is 0. The molecule has 64 valence electrons. The van der Waals surface area contributed by atoms with Crippen LogP contribution in [0, 0.1) is 0 Å². The van der Waals surface area contributed by atoms with Gasteiger partial charge in [-0.25, -0.2) is 8.78 Å². The summed E-state index contributed by atoms with van der Waals surface area (Å²) >= 11 is 0. The van der Waals surface area contributed by atoms with Gasteiger partial charge in [-0.15, -0.1) is 0 Å². The van der Waals surface area contributed by atoms with E-state index in [2.05, 4.69) is 4.74 Å². The van der Waals surface area contributed by atoms with Crippen molar-refractivity contribution in [1.29, 1.82) is 0 Å². The van der Waals surface area contributed by atoms with Gasteiger partial charge in [-0.1, -0.05) is 0 Å². The zero-order chi connectivity index (χ0) is 9.02. The second-order valence-electron chi connectivity index (χ2n) is 1.83. The van der Waals surface area contributed by atoms with Gasteiger partial charge < -0.3 is 4.74 Å². The Morgan fingerprint density at radius 1 is 1.45 bits per heavy atom. The van der Waals surface area contributed by atoms with Crippen LogP contribution in [0.4, 0.5) is 13.2 Å². The summed E-state index contributed by atoms with van der Waals surface area (Å²) < 4.78 is 39.8. The van der Waals surface area contributed by atoms with Crippen molar-refractivity contribution in [2.24, 2.45) is 0 Å². The Morgan fingerprint density at radius 3 is 2.18 bits per heavy atom. The van der Waals surface area contributed by atoms with Gasteiger partial charge >= 0.3 is 12.0 Å². The van der Waals surface area contributed by atoms with Crippen LogP contribution in [-0.2, 0) is 9.53 Å². The minimum Gasteiger partial charge on any atom is -0.397 e. The Morgan fingerprint density at radius 2 is 1.91 bits per heavy atom. The van der Waals surface area contributed by atoms with E-state index < -0.39 is 24.0 Å². The molecule has 2 nitrogen and oxygen atoms in total. The molecule has 0 bridgehead atoms. The minimum atomic E-state index is -2.10. The number of carbonyl (C=O) groups excluding carboxylic acids is 1. The maximum absolute atomic E-state index is 12.1. The summed E-state index contributed by atoms with van der Waals surface area (Å²) in [6.45, 7) is 1.67. The Labute approximate surface area is 61.6 Å². The van der Waals surface area contributed by atoms with Crippen LogP contribution in [0.25, 0.3) is 0 Å². The van der Waals surface area contributed by atoms with Gasteiger partial charge in [0.25, 0.3) is 0 Å². The van der Waals surface area contributed by atoms with Crippen LogP contribution in [0.1, 0.15) is 13.8 Å². The van der Waals surface area contributed by atoms with Crippen LogP contribution in [0.2, 0.25) is 0 Å². The third-order valence-electron chi connectivity index (χ3n) is 0.770. The van der Waals surface area contributed by atoms with Crippen molar-refractivity contribution in [3.63, 3.8) is 0 Å². The van der Waals surface area contributed by atoms with Crippen LogP contribution < -0.4 is 0 Å². The molecule has 0 aromatic carbocycles. The van der Waals surface area contributed by atoms with Crippen LogP contribution in [-0.4, -0.2) is 12.1 Å². The van der Waals surface area contributed by atoms with E-state index in [1.54, 1.807) is 0 Å². The molecule has 0 saturated carbocycles. The van der Waals surface area contributed by atoms with Crippen molar-refractivity contribution in [2.75, 3.05) is 0 Å². The van der Waals surface area contributed by atoms with Gasteiger partial charge in [0.05, 0.1) is 0 Å². The third kappa shape index (κ3) is 3.64. The van der Waals surface area contributed by atoms with Crippen molar-refractivity contribution in [1.82, 2.24) is 0 Å². The second-order valence-corrected chi connectivity index (χ2v) is 1.83. The highest BCUT2D eigenvalue weighted by molar-refractivity contribution is 5.67. The summed E-state index contributed by atoms with van der Waals surface area (Å²) in [5.74, 6) is -2.74. The first-order valence-corrected chi connectivity index (χ1v) is 2.82. The van der Waals surface area contributed by atoms with Gasteiger partial charge in [-0.3, -0.25) is 4.79 Å². The Balaban J connectivity index is 4.28. The lowest BCUT2D eigenvalue weighted by Gasteiger charge is -1.99. The fraction of sp³-hybridized carbons (Fsp3) is 0.500. The van der Waals surface area contributed by atoms with Crippen LogP contribution >= 0.6 is 0 Å². The van der Waals surface area contributed by atoms with E-state index >= 15 is 0 Å². The number of hydrogen-bond donors (Lipinski definition) is 0. The molecule has 0 aliphatic rings. The fourth-order valence-corrected chi connectivity index (χ4v) is 0.331. The predicted molar refractivity (Wildman–Crippen MR) is 31.6 cm³/mol. The van der Waals surface area contributed by atoms with E-state index in [4.69, 9.17) is 0 Å². The Kier molecular flexibility index (Phi) is 3.64. The van der Waals surface area contributed by atoms with Crippen LogP contribution in [0.5, 0.6) is 0 Å². The van der Waals surface area contributed by atoms with E-state index in [1.807, 2.05) is 0 Å². The molecule has 0 amide bonds. The third-order valence-corrected chi connectivity index (χ3v) is 0.770. The molecule has 0 N–H and O–H groups in total. The number of rotatable bonds is 2. The standard InChI is InChI=1S/C6H7F3O2/c1-3(7)5(8)6(9)11-4(2)10/h3H,1-2H3/b6-5-. The molecular formula is C6H7F3O2. The number of halogens is 3. The Bertz CT molecular complexity index is 186.